The van der Waals surface area contributed by atoms with Gasteiger partial charge in [0.2, 0.25) is 0 Å². The van der Waals surface area contributed by atoms with Crippen molar-refractivity contribution in [1.82, 2.24) is 4.90 Å². The predicted octanol–water partition coefficient (Wildman–Crippen LogP) is 5.46. The standard InChI is InChI=1S/C23H36N2O3/c1-2-17-27-22-14-8-7-12-20(22)24-23(26)28-21-13-6-3-5-11-19(21)18-25-15-9-4-10-16-25/h7-8,12,14,19,21H,2-6,9-11,13,15-18H2,1H3,(H,24,26)/t19-,21+/m0/s1. The molecule has 1 aliphatic heterocycles. The Hall–Kier alpha value is -1.75. The SMILES string of the molecule is CCCOc1ccccc1NC(=O)O[C@@H]1CCCCC[C@H]1CN1CCCCC1. The maximum absolute atomic E-state index is 12.7. The molecule has 1 amide bonds. The second-order valence-corrected chi connectivity index (χ2v) is 8.17. The van der Waals surface area contributed by atoms with Crippen LogP contribution in [0.2, 0.25) is 0 Å². The van der Waals surface area contributed by atoms with E-state index < -0.39 is 0 Å². The van der Waals surface area contributed by atoms with Gasteiger partial charge in [-0.3, -0.25) is 5.32 Å². The van der Waals surface area contributed by atoms with E-state index in [0.717, 1.165) is 32.2 Å². The van der Waals surface area contributed by atoms with E-state index in [9.17, 15) is 4.79 Å². The summed E-state index contributed by atoms with van der Waals surface area (Å²) < 4.78 is 11.7. The first-order chi connectivity index (χ1) is 13.8. The summed E-state index contributed by atoms with van der Waals surface area (Å²) in [5.74, 6) is 1.14. The van der Waals surface area contributed by atoms with Crippen LogP contribution in [0.5, 0.6) is 5.75 Å². The van der Waals surface area contributed by atoms with Gasteiger partial charge in [-0.15, -0.1) is 0 Å². The molecule has 0 radical (unpaired) electrons. The summed E-state index contributed by atoms with van der Waals surface area (Å²) in [6, 6.07) is 7.57. The summed E-state index contributed by atoms with van der Waals surface area (Å²) in [4.78, 5) is 15.2. The first kappa shape index (κ1) is 21.0. The van der Waals surface area contributed by atoms with Crippen LogP contribution in [0.25, 0.3) is 0 Å². The van der Waals surface area contributed by atoms with Gasteiger partial charge in [0.25, 0.3) is 0 Å². The molecule has 0 unspecified atom stereocenters. The van der Waals surface area contributed by atoms with Crippen LogP contribution in [0.3, 0.4) is 0 Å². The quantitative estimate of drug-likeness (QED) is 0.630. The molecular formula is C23H36N2O3. The van der Waals surface area contributed by atoms with Gasteiger partial charge in [-0.05, 0) is 63.7 Å². The van der Waals surface area contributed by atoms with Gasteiger partial charge < -0.3 is 14.4 Å². The Bertz CT molecular complexity index is 601. The molecule has 5 nitrogen and oxygen atoms in total. The monoisotopic (exact) mass is 388 g/mol. The Morgan fingerprint density at radius 2 is 1.82 bits per heavy atom. The van der Waals surface area contributed by atoms with E-state index in [-0.39, 0.29) is 12.2 Å². The predicted molar refractivity (Wildman–Crippen MR) is 113 cm³/mol. The zero-order chi connectivity index (χ0) is 19.6. The number of anilines is 1. The molecule has 2 aliphatic rings. The molecular weight excluding hydrogens is 352 g/mol. The largest absolute Gasteiger partial charge is 0.491 e. The van der Waals surface area contributed by atoms with Crippen LogP contribution in [0.1, 0.15) is 64.7 Å². The van der Waals surface area contributed by atoms with Crippen LogP contribution in [0, 0.1) is 5.92 Å². The molecule has 1 heterocycles. The molecule has 3 rings (SSSR count). The highest BCUT2D eigenvalue weighted by molar-refractivity contribution is 5.86. The van der Waals surface area contributed by atoms with Gasteiger partial charge in [0.05, 0.1) is 12.3 Å². The number of piperidine rings is 1. The van der Waals surface area contributed by atoms with E-state index in [4.69, 9.17) is 9.47 Å². The fourth-order valence-corrected chi connectivity index (χ4v) is 4.37. The Labute approximate surface area is 169 Å². The molecule has 0 aromatic heterocycles. The number of likely N-dealkylation sites (tertiary alicyclic amines) is 1. The Balaban J connectivity index is 1.58. The molecule has 28 heavy (non-hydrogen) atoms. The smallest absolute Gasteiger partial charge is 0.412 e. The Morgan fingerprint density at radius 3 is 2.64 bits per heavy atom. The molecule has 2 atom stereocenters. The Kier molecular flexibility index (Phi) is 8.46. The zero-order valence-electron chi connectivity index (χ0n) is 17.3. The van der Waals surface area contributed by atoms with Gasteiger partial charge in [0.1, 0.15) is 11.9 Å². The van der Waals surface area contributed by atoms with Gasteiger partial charge in [-0.1, -0.05) is 38.3 Å². The van der Waals surface area contributed by atoms with Crippen molar-refractivity contribution >= 4 is 11.8 Å². The molecule has 0 bridgehead atoms. The van der Waals surface area contributed by atoms with Crippen LogP contribution in [0.4, 0.5) is 10.5 Å². The number of carbonyl (C=O) groups is 1. The average molecular weight is 389 g/mol. The van der Waals surface area contributed by atoms with E-state index in [1.807, 2.05) is 24.3 Å². The molecule has 1 aromatic rings. The minimum atomic E-state index is -0.358. The summed E-state index contributed by atoms with van der Waals surface area (Å²) in [6.07, 6.45) is 10.3. The number of para-hydroxylation sites is 2. The first-order valence-electron chi connectivity index (χ1n) is 11.2. The van der Waals surface area contributed by atoms with Crippen LogP contribution in [-0.2, 0) is 4.74 Å². The number of hydrogen-bond donors (Lipinski definition) is 1. The van der Waals surface area contributed by atoms with Gasteiger partial charge in [-0.25, -0.2) is 4.79 Å². The summed E-state index contributed by atoms with van der Waals surface area (Å²) in [7, 11) is 0. The minimum absolute atomic E-state index is 0.00755. The highest BCUT2D eigenvalue weighted by Gasteiger charge is 2.29. The molecule has 2 fully saturated rings. The average Bonchev–Trinajstić information content (AvgIpc) is 2.93. The van der Waals surface area contributed by atoms with Crippen molar-refractivity contribution in [3.05, 3.63) is 24.3 Å². The van der Waals surface area contributed by atoms with Crippen molar-refractivity contribution in [2.75, 3.05) is 31.6 Å². The summed E-state index contributed by atoms with van der Waals surface area (Å²) >= 11 is 0. The summed E-state index contributed by atoms with van der Waals surface area (Å²) in [5, 5.41) is 2.91. The second-order valence-electron chi connectivity index (χ2n) is 8.17. The molecule has 0 spiro atoms. The highest BCUT2D eigenvalue weighted by Crippen LogP contribution is 2.29. The third kappa shape index (κ3) is 6.40. The van der Waals surface area contributed by atoms with Gasteiger partial charge >= 0.3 is 6.09 Å². The van der Waals surface area contributed by atoms with Crippen molar-refractivity contribution in [2.24, 2.45) is 5.92 Å². The number of nitrogens with zero attached hydrogens (tertiary/aromatic N) is 1. The lowest BCUT2D eigenvalue weighted by molar-refractivity contribution is 0.0471. The lowest BCUT2D eigenvalue weighted by Crippen LogP contribution is -2.39. The molecule has 1 saturated carbocycles. The zero-order valence-corrected chi connectivity index (χ0v) is 17.3. The third-order valence-corrected chi connectivity index (χ3v) is 5.87. The van der Waals surface area contributed by atoms with Crippen molar-refractivity contribution in [3.8, 4) is 5.75 Å². The number of carbonyl (C=O) groups excluding carboxylic acids is 1. The lowest BCUT2D eigenvalue weighted by Gasteiger charge is -2.33. The molecule has 1 saturated heterocycles. The van der Waals surface area contributed by atoms with Crippen molar-refractivity contribution in [1.29, 1.82) is 0 Å². The normalized spacial score (nSPS) is 23.6. The number of nitrogens with one attached hydrogen (secondary N) is 1. The van der Waals surface area contributed by atoms with Crippen LogP contribution >= 0.6 is 0 Å². The van der Waals surface area contributed by atoms with Crippen LogP contribution in [0.15, 0.2) is 24.3 Å². The van der Waals surface area contributed by atoms with E-state index in [0.29, 0.717) is 24.0 Å². The van der Waals surface area contributed by atoms with E-state index in [1.165, 1.54) is 45.2 Å². The Morgan fingerprint density at radius 1 is 1.07 bits per heavy atom. The molecule has 1 aliphatic carbocycles. The lowest BCUT2D eigenvalue weighted by atomic mass is 9.95. The van der Waals surface area contributed by atoms with Crippen molar-refractivity contribution in [3.63, 3.8) is 0 Å². The van der Waals surface area contributed by atoms with Crippen LogP contribution in [-0.4, -0.2) is 43.3 Å². The summed E-state index contributed by atoms with van der Waals surface area (Å²) in [6.45, 7) is 6.15. The van der Waals surface area contributed by atoms with Crippen LogP contribution < -0.4 is 10.1 Å². The topological polar surface area (TPSA) is 50.8 Å². The number of rotatable bonds is 7. The minimum Gasteiger partial charge on any atom is -0.491 e. The molecule has 1 N–H and O–H groups in total. The number of hydrogen-bond acceptors (Lipinski definition) is 4. The summed E-state index contributed by atoms with van der Waals surface area (Å²) in [5.41, 5.74) is 0.683. The number of ether oxygens (including phenoxy) is 2. The van der Waals surface area contributed by atoms with Gasteiger partial charge in [0.15, 0.2) is 0 Å². The second kappa shape index (κ2) is 11.3. The fraction of sp³-hybridized carbons (Fsp3) is 0.696. The van der Waals surface area contributed by atoms with Gasteiger partial charge in [0, 0.05) is 12.5 Å². The van der Waals surface area contributed by atoms with Crippen molar-refractivity contribution < 1.29 is 14.3 Å². The maximum atomic E-state index is 12.7. The third-order valence-electron chi connectivity index (χ3n) is 5.87. The maximum Gasteiger partial charge on any atom is 0.412 e. The molecule has 156 valence electrons. The molecule has 5 heteroatoms. The van der Waals surface area contributed by atoms with E-state index in [2.05, 4.69) is 17.1 Å². The fourth-order valence-electron chi connectivity index (χ4n) is 4.37. The van der Waals surface area contributed by atoms with E-state index >= 15 is 0 Å². The number of benzene rings is 1. The number of amides is 1. The highest BCUT2D eigenvalue weighted by atomic mass is 16.6. The molecule has 1 aromatic carbocycles. The van der Waals surface area contributed by atoms with Gasteiger partial charge in [-0.2, -0.15) is 0 Å². The van der Waals surface area contributed by atoms with E-state index in [1.54, 1.807) is 0 Å². The first-order valence-corrected chi connectivity index (χ1v) is 11.2. The van der Waals surface area contributed by atoms with Crippen molar-refractivity contribution in [2.45, 2.75) is 70.8 Å².